The van der Waals surface area contributed by atoms with Gasteiger partial charge in [0.1, 0.15) is 16.0 Å². The zero-order valence-corrected chi connectivity index (χ0v) is 22.1. The molecule has 0 saturated carbocycles. The summed E-state index contributed by atoms with van der Waals surface area (Å²) in [5.74, 6) is -1.04. The lowest BCUT2D eigenvalue weighted by atomic mass is 9.91. The molecular weight excluding hydrogens is 496 g/mol. The number of fused-ring (bicyclic) bond motifs is 2. The molecule has 0 saturated heterocycles. The van der Waals surface area contributed by atoms with Crippen molar-refractivity contribution in [3.8, 4) is 21.7 Å². The van der Waals surface area contributed by atoms with Gasteiger partial charge in [-0.05, 0) is 63.1 Å². The Hall–Kier alpha value is -3.33. The molecule has 184 valence electrons. The molecule has 0 radical (unpaired) electrons. The van der Waals surface area contributed by atoms with Gasteiger partial charge in [-0.2, -0.15) is 5.10 Å². The Morgan fingerprint density at radius 1 is 1.11 bits per heavy atom. The minimum Gasteiger partial charge on any atom is -0.479 e. The Bertz CT molecular complexity index is 1620. The molecule has 3 aromatic heterocycles. The molecule has 0 fully saturated rings. The van der Waals surface area contributed by atoms with Crippen LogP contribution in [-0.2, 0) is 16.6 Å². The SMILES string of the molecule is Cc1cc2nc(-c3cnc4cn(C)nc4c3)sc2c(-c2ccc(Cl)cc2)c1[C@H](OC(C)(C)C)C(=O)O. The van der Waals surface area contributed by atoms with E-state index < -0.39 is 17.7 Å². The maximum Gasteiger partial charge on any atom is 0.337 e. The summed E-state index contributed by atoms with van der Waals surface area (Å²) in [7, 11) is 1.86. The van der Waals surface area contributed by atoms with Crippen LogP contribution in [0.4, 0.5) is 0 Å². The van der Waals surface area contributed by atoms with Crippen LogP contribution in [0.25, 0.3) is 42.9 Å². The van der Waals surface area contributed by atoms with Gasteiger partial charge in [0.15, 0.2) is 6.10 Å². The minimum atomic E-state index is -1.16. The highest BCUT2D eigenvalue weighted by Crippen LogP contribution is 2.44. The van der Waals surface area contributed by atoms with Gasteiger partial charge < -0.3 is 9.84 Å². The largest absolute Gasteiger partial charge is 0.479 e. The van der Waals surface area contributed by atoms with Crippen molar-refractivity contribution in [1.29, 1.82) is 0 Å². The summed E-state index contributed by atoms with van der Waals surface area (Å²) in [5, 5.41) is 16.1. The molecule has 7 nitrogen and oxygen atoms in total. The maximum absolute atomic E-state index is 12.5. The molecular formula is C27H25ClN4O3S. The summed E-state index contributed by atoms with van der Waals surface area (Å²) in [6.45, 7) is 7.45. The summed E-state index contributed by atoms with van der Waals surface area (Å²) in [6, 6.07) is 11.3. The summed E-state index contributed by atoms with van der Waals surface area (Å²) in [6.07, 6.45) is 2.50. The van der Waals surface area contributed by atoms with Gasteiger partial charge >= 0.3 is 5.97 Å². The molecule has 0 spiro atoms. The van der Waals surface area contributed by atoms with Gasteiger partial charge in [-0.25, -0.2) is 9.78 Å². The number of thiazole rings is 1. The lowest BCUT2D eigenvalue weighted by molar-refractivity contribution is -0.160. The van der Waals surface area contributed by atoms with Gasteiger partial charge in [-0.15, -0.1) is 11.3 Å². The molecule has 0 aliphatic carbocycles. The summed E-state index contributed by atoms with van der Waals surface area (Å²) in [5.41, 5.74) is 5.60. The molecule has 5 rings (SSSR count). The summed E-state index contributed by atoms with van der Waals surface area (Å²) >= 11 is 7.67. The predicted molar refractivity (Wildman–Crippen MR) is 144 cm³/mol. The van der Waals surface area contributed by atoms with Crippen LogP contribution in [0.2, 0.25) is 5.02 Å². The monoisotopic (exact) mass is 520 g/mol. The van der Waals surface area contributed by atoms with Crippen LogP contribution in [0.1, 0.15) is 38.0 Å². The molecule has 3 heterocycles. The molecule has 0 aliphatic heterocycles. The van der Waals surface area contributed by atoms with Crippen LogP contribution in [-0.4, -0.2) is 36.4 Å². The first kappa shape index (κ1) is 24.4. The van der Waals surface area contributed by atoms with Crippen LogP contribution in [0, 0.1) is 6.92 Å². The minimum absolute atomic E-state index is 0.602. The van der Waals surface area contributed by atoms with Crippen LogP contribution in [0.15, 0.2) is 48.8 Å². The molecule has 1 N–H and O–H groups in total. The molecule has 9 heteroatoms. The van der Waals surface area contributed by atoms with Crippen molar-refractivity contribution in [1.82, 2.24) is 19.7 Å². The molecule has 0 unspecified atom stereocenters. The first-order valence-electron chi connectivity index (χ1n) is 11.4. The van der Waals surface area contributed by atoms with Crippen molar-refractivity contribution in [3.63, 3.8) is 0 Å². The first-order chi connectivity index (χ1) is 17.0. The van der Waals surface area contributed by atoms with E-state index in [0.29, 0.717) is 10.6 Å². The molecule has 0 bridgehead atoms. The second-order valence-corrected chi connectivity index (χ2v) is 11.2. The summed E-state index contributed by atoms with van der Waals surface area (Å²) in [4.78, 5) is 21.9. The van der Waals surface area contributed by atoms with E-state index in [2.05, 4.69) is 10.1 Å². The number of rotatable bonds is 5. The number of aliphatic carboxylic acids is 1. The van der Waals surface area contributed by atoms with Crippen molar-refractivity contribution < 1.29 is 14.6 Å². The third-order valence-electron chi connectivity index (χ3n) is 5.74. The lowest BCUT2D eigenvalue weighted by Gasteiger charge is -2.28. The molecule has 36 heavy (non-hydrogen) atoms. The van der Waals surface area contributed by atoms with Crippen LogP contribution < -0.4 is 0 Å². The second kappa shape index (κ2) is 8.96. The smallest absolute Gasteiger partial charge is 0.337 e. The Morgan fingerprint density at radius 3 is 2.50 bits per heavy atom. The fraction of sp³-hybridized carbons (Fsp3) is 0.259. The zero-order chi connectivity index (χ0) is 25.8. The van der Waals surface area contributed by atoms with Gasteiger partial charge in [0.05, 0.1) is 22.0 Å². The lowest BCUT2D eigenvalue weighted by Crippen LogP contribution is -2.28. The van der Waals surface area contributed by atoms with Crippen molar-refractivity contribution in [2.24, 2.45) is 7.05 Å². The number of benzene rings is 2. The van der Waals surface area contributed by atoms with Crippen LogP contribution >= 0.6 is 22.9 Å². The van der Waals surface area contributed by atoms with E-state index in [1.165, 1.54) is 11.3 Å². The highest BCUT2D eigenvalue weighted by atomic mass is 35.5. The van der Waals surface area contributed by atoms with Crippen molar-refractivity contribution in [2.75, 3.05) is 0 Å². The van der Waals surface area contributed by atoms with Gasteiger partial charge in [-0.1, -0.05) is 23.7 Å². The van der Waals surface area contributed by atoms with E-state index in [4.69, 9.17) is 21.3 Å². The van der Waals surface area contributed by atoms with E-state index in [1.54, 1.807) is 23.0 Å². The average Bonchev–Trinajstić information content (AvgIpc) is 3.38. The van der Waals surface area contributed by atoms with Gasteiger partial charge in [0.25, 0.3) is 0 Å². The zero-order valence-electron chi connectivity index (χ0n) is 20.5. The van der Waals surface area contributed by atoms with Gasteiger partial charge in [0, 0.05) is 35.0 Å². The standard InChI is InChI=1S/C27H25ClN4O3S/c1-14-10-19-24(36-25(30-19)16-11-18-20(29-12-16)13-32(5)31-18)22(15-6-8-17(28)9-7-15)21(14)23(26(33)34)35-27(2,3)4/h6-13,23H,1-5H3,(H,33,34)/t23-/m0/s1. The van der Waals surface area contributed by atoms with Crippen LogP contribution in [0.5, 0.6) is 0 Å². The predicted octanol–water partition coefficient (Wildman–Crippen LogP) is 6.81. The van der Waals surface area contributed by atoms with E-state index in [-0.39, 0.29) is 0 Å². The molecule has 1 atom stereocenters. The molecule has 2 aromatic carbocycles. The number of aryl methyl sites for hydroxylation is 2. The number of carboxylic acids is 1. The highest BCUT2D eigenvalue weighted by Gasteiger charge is 2.32. The van der Waals surface area contributed by atoms with Gasteiger partial charge in [0.2, 0.25) is 0 Å². The topological polar surface area (TPSA) is 90.1 Å². The number of hydrogen-bond donors (Lipinski definition) is 1. The van der Waals surface area contributed by atoms with Crippen molar-refractivity contribution >= 4 is 50.2 Å². The van der Waals surface area contributed by atoms with Crippen molar-refractivity contribution in [3.05, 3.63) is 64.9 Å². The normalized spacial score (nSPS) is 12.9. The number of halogens is 1. The van der Waals surface area contributed by atoms with Crippen molar-refractivity contribution in [2.45, 2.75) is 39.4 Å². The molecule has 5 aromatic rings. The number of nitrogens with zero attached hydrogens (tertiary/aromatic N) is 4. The number of carbonyl (C=O) groups is 1. The number of carboxylic acid groups (broad SMARTS) is 1. The number of hydrogen-bond acceptors (Lipinski definition) is 6. The fourth-order valence-electron chi connectivity index (χ4n) is 4.30. The second-order valence-electron chi connectivity index (χ2n) is 9.74. The number of pyridine rings is 1. The Labute approximate surface area is 217 Å². The number of aromatic nitrogens is 4. The highest BCUT2D eigenvalue weighted by molar-refractivity contribution is 7.22. The maximum atomic E-state index is 12.5. The van der Waals surface area contributed by atoms with E-state index in [9.17, 15) is 9.90 Å². The first-order valence-corrected chi connectivity index (χ1v) is 12.6. The van der Waals surface area contributed by atoms with E-state index >= 15 is 0 Å². The Balaban J connectivity index is 1.78. The fourth-order valence-corrected chi connectivity index (χ4v) is 5.53. The molecule has 0 amide bonds. The van der Waals surface area contributed by atoms with E-state index in [0.717, 1.165) is 48.5 Å². The Morgan fingerprint density at radius 2 is 1.83 bits per heavy atom. The average molecular weight is 521 g/mol. The quantitative estimate of drug-likeness (QED) is 0.273. The van der Waals surface area contributed by atoms with Crippen LogP contribution in [0.3, 0.4) is 0 Å². The van der Waals surface area contributed by atoms with Gasteiger partial charge in [-0.3, -0.25) is 9.67 Å². The third kappa shape index (κ3) is 4.59. The number of ether oxygens (including phenoxy) is 1. The van der Waals surface area contributed by atoms with E-state index in [1.807, 2.05) is 65.2 Å². The Kier molecular flexibility index (Phi) is 6.06. The third-order valence-corrected chi connectivity index (χ3v) is 7.13. The molecule has 0 aliphatic rings. The summed E-state index contributed by atoms with van der Waals surface area (Å²) < 4.78 is 8.69.